The summed E-state index contributed by atoms with van der Waals surface area (Å²) < 4.78 is 0. The number of H-pyrrole nitrogens is 1. The van der Waals surface area contributed by atoms with Crippen LogP contribution >= 0.6 is 0 Å². The van der Waals surface area contributed by atoms with E-state index in [9.17, 15) is 9.90 Å². The van der Waals surface area contributed by atoms with Crippen molar-refractivity contribution in [1.29, 1.82) is 0 Å². The normalized spacial score (nSPS) is 28.1. The maximum absolute atomic E-state index is 11.9. The number of aliphatic hydroxyl groups is 1. The Hall–Kier alpha value is -1.43. The van der Waals surface area contributed by atoms with E-state index in [-0.39, 0.29) is 23.9 Å². The zero-order chi connectivity index (χ0) is 12.5. The predicted octanol–water partition coefficient (Wildman–Crippen LogP) is 0.715. The van der Waals surface area contributed by atoms with Gasteiger partial charge in [0.05, 0.1) is 6.10 Å². The predicted molar refractivity (Wildman–Crippen MR) is 64.1 cm³/mol. The van der Waals surface area contributed by atoms with Gasteiger partial charge in [0.2, 0.25) is 5.82 Å². The summed E-state index contributed by atoms with van der Waals surface area (Å²) in [6, 6.07) is 0.0455. The van der Waals surface area contributed by atoms with E-state index in [0.717, 1.165) is 37.9 Å². The number of aliphatic hydroxyl groups excluding tert-OH is 1. The molecule has 18 heavy (non-hydrogen) atoms. The number of nitrogens with one attached hydrogen (secondary N) is 2. The van der Waals surface area contributed by atoms with E-state index in [1.54, 1.807) is 0 Å². The maximum Gasteiger partial charge on any atom is 0.291 e. The number of nitrogens with zero attached hydrogens (tertiary/aromatic N) is 2. The van der Waals surface area contributed by atoms with Crippen molar-refractivity contribution >= 4 is 5.91 Å². The standard InChI is InChI=1S/C12H18N4O2/c17-9-3-1-2-8(6-9)13-12(18)11-14-10(15-16-11)7-4-5-7/h7-9,17H,1-6H2,(H,13,18)(H,14,15,16). The lowest BCUT2D eigenvalue weighted by Crippen LogP contribution is -2.40. The van der Waals surface area contributed by atoms with Crippen LogP contribution in [0.4, 0.5) is 0 Å². The SMILES string of the molecule is O=C(NC1CCCC(O)C1)c1n[nH]c(C2CC2)n1. The lowest BCUT2D eigenvalue weighted by Gasteiger charge is -2.26. The molecule has 2 atom stereocenters. The molecule has 2 aliphatic carbocycles. The molecule has 3 N–H and O–H groups in total. The van der Waals surface area contributed by atoms with Gasteiger partial charge in [-0.25, -0.2) is 4.98 Å². The first-order chi connectivity index (χ1) is 8.72. The summed E-state index contributed by atoms with van der Waals surface area (Å²) in [7, 11) is 0. The molecule has 2 fully saturated rings. The number of aromatic amines is 1. The zero-order valence-corrected chi connectivity index (χ0v) is 10.2. The molecule has 0 aromatic carbocycles. The average molecular weight is 250 g/mol. The highest BCUT2D eigenvalue weighted by Crippen LogP contribution is 2.37. The second-order valence-electron chi connectivity index (χ2n) is 5.31. The van der Waals surface area contributed by atoms with Gasteiger partial charge in [0.1, 0.15) is 5.82 Å². The molecule has 2 aliphatic rings. The average Bonchev–Trinajstić information content (AvgIpc) is 3.07. The third-order valence-electron chi connectivity index (χ3n) is 3.65. The van der Waals surface area contributed by atoms with Crippen LogP contribution in [0.5, 0.6) is 0 Å². The van der Waals surface area contributed by atoms with Gasteiger partial charge in [-0.05, 0) is 38.5 Å². The molecule has 2 saturated carbocycles. The molecule has 1 amide bonds. The van der Waals surface area contributed by atoms with Crippen molar-refractivity contribution in [1.82, 2.24) is 20.5 Å². The molecular weight excluding hydrogens is 232 g/mol. The minimum absolute atomic E-state index is 0.0455. The van der Waals surface area contributed by atoms with Gasteiger partial charge in [-0.1, -0.05) is 0 Å². The second-order valence-corrected chi connectivity index (χ2v) is 5.31. The topological polar surface area (TPSA) is 90.9 Å². The maximum atomic E-state index is 11.9. The largest absolute Gasteiger partial charge is 0.393 e. The van der Waals surface area contributed by atoms with Gasteiger partial charge in [-0.15, -0.1) is 5.10 Å². The lowest BCUT2D eigenvalue weighted by molar-refractivity contribution is 0.0841. The second kappa shape index (κ2) is 4.68. The summed E-state index contributed by atoms with van der Waals surface area (Å²) in [6.07, 6.45) is 5.30. The fraction of sp³-hybridized carbons (Fsp3) is 0.750. The fourth-order valence-electron chi connectivity index (χ4n) is 2.46. The van der Waals surface area contributed by atoms with Crippen molar-refractivity contribution in [3.8, 4) is 0 Å². The number of rotatable bonds is 3. The van der Waals surface area contributed by atoms with Crippen LogP contribution < -0.4 is 5.32 Å². The quantitative estimate of drug-likeness (QED) is 0.737. The minimum atomic E-state index is -0.293. The van der Waals surface area contributed by atoms with Crippen LogP contribution in [0.2, 0.25) is 0 Å². The van der Waals surface area contributed by atoms with Gasteiger partial charge in [0.25, 0.3) is 5.91 Å². The molecule has 0 bridgehead atoms. The molecule has 0 radical (unpaired) electrons. The van der Waals surface area contributed by atoms with Crippen LogP contribution in [-0.4, -0.2) is 38.3 Å². The van der Waals surface area contributed by atoms with Crippen LogP contribution in [0.3, 0.4) is 0 Å². The Morgan fingerprint density at radius 3 is 2.89 bits per heavy atom. The van der Waals surface area contributed by atoms with Crippen LogP contribution in [0.25, 0.3) is 0 Å². The molecule has 0 aliphatic heterocycles. The number of carbonyl (C=O) groups excluding carboxylic acids is 1. The van der Waals surface area contributed by atoms with E-state index in [4.69, 9.17) is 0 Å². The van der Waals surface area contributed by atoms with Crippen LogP contribution in [0.15, 0.2) is 0 Å². The zero-order valence-electron chi connectivity index (χ0n) is 10.2. The summed E-state index contributed by atoms with van der Waals surface area (Å²) >= 11 is 0. The van der Waals surface area contributed by atoms with Gasteiger partial charge in [-0.2, -0.15) is 0 Å². The molecule has 1 aromatic heterocycles. The Morgan fingerprint density at radius 2 is 2.17 bits per heavy atom. The summed E-state index contributed by atoms with van der Waals surface area (Å²) in [5.74, 6) is 1.27. The van der Waals surface area contributed by atoms with Crippen molar-refractivity contribution in [3.05, 3.63) is 11.6 Å². The summed E-state index contributed by atoms with van der Waals surface area (Å²) in [4.78, 5) is 16.2. The lowest BCUT2D eigenvalue weighted by atomic mass is 9.93. The van der Waals surface area contributed by atoms with E-state index in [1.807, 2.05) is 0 Å². The molecule has 0 spiro atoms. The number of hydrogen-bond donors (Lipinski definition) is 3. The van der Waals surface area contributed by atoms with Crippen LogP contribution in [-0.2, 0) is 0 Å². The van der Waals surface area contributed by atoms with E-state index in [2.05, 4.69) is 20.5 Å². The van der Waals surface area contributed by atoms with Gasteiger partial charge >= 0.3 is 0 Å². The van der Waals surface area contributed by atoms with Gasteiger partial charge in [0.15, 0.2) is 0 Å². The highest BCUT2D eigenvalue weighted by atomic mass is 16.3. The number of aromatic nitrogens is 3. The van der Waals surface area contributed by atoms with Crippen molar-refractivity contribution < 1.29 is 9.90 Å². The first-order valence-electron chi connectivity index (χ1n) is 6.63. The molecular formula is C12H18N4O2. The fourth-order valence-corrected chi connectivity index (χ4v) is 2.46. The molecule has 3 rings (SSSR count). The smallest absolute Gasteiger partial charge is 0.291 e. The third kappa shape index (κ3) is 2.53. The van der Waals surface area contributed by atoms with E-state index >= 15 is 0 Å². The Kier molecular flexibility index (Phi) is 3.03. The first kappa shape index (κ1) is 11.6. The number of hydrogen-bond acceptors (Lipinski definition) is 4. The molecule has 6 heteroatoms. The van der Waals surface area contributed by atoms with Gasteiger partial charge < -0.3 is 10.4 Å². The first-order valence-corrected chi connectivity index (χ1v) is 6.63. The highest BCUT2D eigenvalue weighted by molar-refractivity contribution is 5.90. The summed E-state index contributed by atoms with van der Waals surface area (Å²) in [6.45, 7) is 0. The molecule has 1 aromatic rings. The third-order valence-corrected chi connectivity index (χ3v) is 3.65. The Balaban J connectivity index is 1.59. The van der Waals surface area contributed by atoms with Gasteiger partial charge in [-0.3, -0.25) is 9.89 Å². The van der Waals surface area contributed by atoms with Crippen LogP contribution in [0, 0.1) is 0 Å². The van der Waals surface area contributed by atoms with E-state index in [1.165, 1.54) is 0 Å². The molecule has 98 valence electrons. The Labute approximate surface area is 105 Å². The van der Waals surface area contributed by atoms with Gasteiger partial charge in [0, 0.05) is 12.0 Å². The Morgan fingerprint density at radius 1 is 1.33 bits per heavy atom. The monoisotopic (exact) mass is 250 g/mol. The summed E-state index contributed by atoms with van der Waals surface area (Å²) in [5, 5.41) is 19.2. The van der Waals surface area contributed by atoms with Crippen LogP contribution in [0.1, 0.15) is 60.9 Å². The van der Waals surface area contributed by atoms with Crippen molar-refractivity contribution in [2.75, 3.05) is 0 Å². The number of amides is 1. The Bertz CT molecular complexity index is 441. The molecule has 2 unspecified atom stereocenters. The molecule has 6 nitrogen and oxygen atoms in total. The van der Waals surface area contributed by atoms with Crippen molar-refractivity contribution in [2.45, 2.75) is 56.6 Å². The summed E-state index contributed by atoms with van der Waals surface area (Å²) in [5.41, 5.74) is 0. The van der Waals surface area contributed by atoms with E-state index < -0.39 is 0 Å². The number of carbonyl (C=O) groups is 1. The minimum Gasteiger partial charge on any atom is -0.393 e. The van der Waals surface area contributed by atoms with Crippen molar-refractivity contribution in [2.24, 2.45) is 0 Å². The van der Waals surface area contributed by atoms with E-state index in [0.29, 0.717) is 12.3 Å². The highest BCUT2D eigenvalue weighted by Gasteiger charge is 2.29. The molecule has 1 heterocycles. The molecule has 0 saturated heterocycles. The van der Waals surface area contributed by atoms with Crippen molar-refractivity contribution in [3.63, 3.8) is 0 Å².